The van der Waals surface area contributed by atoms with Crippen molar-refractivity contribution in [1.29, 1.82) is 0 Å². The molecule has 0 aliphatic carbocycles. The summed E-state index contributed by atoms with van der Waals surface area (Å²) >= 11 is 0. The quantitative estimate of drug-likeness (QED) is 0.886. The lowest BCUT2D eigenvalue weighted by molar-refractivity contribution is 0.582. The maximum atomic E-state index is 12.8. The molecule has 0 spiro atoms. The van der Waals surface area contributed by atoms with Gasteiger partial charge in [0.05, 0.1) is 15.5 Å². The highest BCUT2D eigenvalue weighted by Gasteiger charge is 2.42. The van der Waals surface area contributed by atoms with Crippen LogP contribution in [0.4, 0.5) is 0 Å². The second kappa shape index (κ2) is 6.24. The summed E-state index contributed by atoms with van der Waals surface area (Å²) in [7, 11) is -7.36. The van der Waals surface area contributed by atoms with E-state index < -0.39 is 30.7 Å². The molecule has 0 saturated heterocycles. The minimum absolute atomic E-state index is 0. The summed E-state index contributed by atoms with van der Waals surface area (Å²) < 4.78 is 50.1. The van der Waals surface area contributed by atoms with Crippen molar-refractivity contribution < 1.29 is 16.8 Å². The molecule has 1 atom stereocenters. The first-order valence-electron chi connectivity index (χ1n) is 6.71. The normalized spacial score (nSPS) is 18.9. The zero-order valence-corrected chi connectivity index (χ0v) is 14.5. The van der Waals surface area contributed by atoms with Crippen LogP contribution in [0.1, 0.15) is 16.4 Å². The lowest BCUT2D eigenvalue weighted by Crippen LogP contribution is -2.16. The van der Waals surface area contributed by atoms with Crippen LogP contribution < -0.4 is 5.73 Å². The van der Waals surface area contributed by atoms with Crippen molar-refractivity contribution in [3.05, 3.63) is 59.7 Å². The molecule has 0 amide bonds. The highest BCUT2D eigenvalue weighted by molar-refractivity contribution is 7.96. The number of benzene rings is 2. The van der Waals surface area contributed by atoms with Gasteiger partial charge in [0, 0.05) is 6.54 Å². The van der Waals surface area contributed by atoms with E-state index in [9.17, 15) is 16.8 Å². The van der Waals surface area contributed by atoms with E-state index in [0.717, 1.165) is 0 Å². The fraction of sp³-hybridized carbons (Fsp3) is 0.200. The van der Waals surface area contributed by atoms with Crippen molar-refractivity contribution in [3.63, 3.8) is 0 Å². The average molecular weight is 374 g/mol. The van der Waals surface area contributed by atoms with Gasteiger partial charge in [0.15, 0.2) is 19.7 Å². The molecule has 124 valence electrons. The van der Waals surface area contributed by atoms with Crippen LogP contribution in [0.25, 0.3) is 0 Å². The van der Waals surface area contributed by atoms with Gasteiger partial charge in [0.1, 0.15) is 5.25 Å². The zero-order valence-electron chi connectivity index (χ0n) is 12.0. The predicted octanol–water partition coefficient (Wildman–Crippen LogP) is 1.87. The third kappa shape index (κ3) is 3.01. The Balaban J connectivity index is 0.00000192. The van der Waals surface area contributed by atoms with Gasteiger partial charge < -0.3 is 5.73 Å². The topological polar surface area (TPSA) is 94.3 Å². The third-order valence-electron chi connectivity index (χ3n) is 3.81. The molecule has 3 rings (SSSR count). The lowest BCUT2D eigenvalue weighted by Gasteiger charge is -2.12. The Morgan fingerprint density at radius 2 is 1.74 bits per heavy atom. The molecule has 23 heavy (non-hydrogen) atoms. The second-order valence-electron chi connectivity index (χ2n) is 5.20. The van der Waals surface area contributed by atoms with E-state index >= 15 is 0 Å². The van der Waals surface area contributed by atoms with Crippen molar-refractivity contribution in [1.82, 2.24) is 0 Å². The Morgan fingerprint density at radius 3 is 2.35 bits per heavy atom. The van der Waals surface area contributed by atoms with Crippen LogP contribution in [-0.4, -0.2) is 22.6 Å². The Morgan fingerprint density at radius 1 is 1.09 bits per heavy atom. The van der Waals surface area contributed by atoms with Gasteiger partial charge in [-0.05, 0) is 29.3 Å². The number of nitrogens with two attached hydrogens (primary N) is 1. The number of hydrogen-bond donors (Lipinski definition) is 1. The zero-order chi connectivity index (χ0) is 16.0. The lowest BCUT2D eigenvalue weighted by atomic mass is 10.1. The average Bonchev–Trinajstić information content (AvgIpc) is 2.80. The van der Waals surface area contributed by atoms with Gasteiger partial charge in [0.25, 0.3) is 0 Å². The largest absolute Gasteiger partial charge is 0.326 e. The Hall–Kier alpha value is -1.41. The van der Waals surface area contributed by atoms with Gasteiger partial charge >= 0.3 is 0 Å². The fourth-order valence-corrected chi connectivity index (χ4v) is 6.99. The van der Waals surface area contributed by atoms with Gasteiger partial charge in [-0.15, -0.1) is 12.4 Å². The summed E-state index contributed by atoms with van der Waals surface area (Å²) in [5.74, 6) is -0.423. The molecule has 5 nitrogen and oxygen atoms in total. The van der Waals surface area contributed by atoms with Gasteiger partial charge in [-0.25, -0.2) is 16.8 Å². The molecule has 1 unspecified atom stereocenters. The molecule has 1 heterocycles. The molecule has 0 fully saturated rings. The van der Waals surface area contributed by atoms with Crippen LogP contribution in [0.5, 0.6) is 0 Å². The first-order valence-corrected chi connectivity index (χ1v) is 9.91. The predicted molar refractivity (Wildman–Crippen MR) is 90.0 cm³/mol. The number of rotatable bonds is 3. The third-order valence-corrected chi connectivity index (χ3v) is 7.93. The van der Waals surface area contributed by atoms with E-state index in [1.165, 1.54) is 18.2 Å². The monoisotopic (exact) mass is 373 g/mol. The molecule has 0 aromatic heterocycles. The van der Waals surface area contributed by atoms with Crippen molar-refractivity contribution in [2.24, 2.45) is 5.73 Å². The number of halogens is 1. The summed E-state index contributed by atoms with van der Waals surface area (Å²) in [6.45, 7) is 0.228. The molecule has 2 aromatic carbocycles. The molecule has 0 saturated carbocycles. The summed E-state index contributed by atoms with van der Waals surface area (Å²) in [4.78, 5) is 0.218. The highest BCUT2D eigenvalue weighted by atomic mass is 35.5. The number of fused-ring (bicyclic) bond motifs is 1. The minimum atomic E-state index is -3.77. The fourth-order valence-electron chi connectivity index (χ4n) is 2.67. The van der Waals surface area contributed by atoms with Crippen molar-refractivity contribution in [2.75, 3.05) is 5.75 Å². The van der Waals surface area contributed by atoms with Gasteiger partial charge in [0.2, 0.25) is 0 Å². The van der Waals surface area contributed by atoms with E-state index in [1.54, 1.807) is 30.3 Å². The summed E-state index contributed by atoms with van der Waals surface area (Å²) in [6, 6.07) is 12.6. The molecule has 2 N–H and O–H groups in total. The van der Waals surface area contributed by atoms with E-state index in [2.05, 4.69) is 0 Å². The van der Waals surface area contributed by atoms with Crippen LogP contribution in [0, 0.1) is 0 Å². The van der Waals surface area contributed by atoms with Gasteiger partial charge in [-0.1, -0.05) is 30.3 Å². The second-order valence-corrected chi connectivity index (χ2v) is 9.34. The Labute approximate surface area is 141 Å². The standard InChI is InChI=1S/C15H15NO4S2.ClH/c16-9-11-6-7-14-13(8-11)15(10-21(14,17)18)22(19,20)12-4-2-1-3-5-12;/h1-8,15H,9-10,16H2;1H. The van der Waals surface area contributed by atoms with Crippen molar-refractivity contribution in [2.45, 2.75) is 21.6 Å². The highest BCUT2D eigenvalue weighted by Crippen LogP contribution is 2.41. The molecule has 2 aromatic rings. The maximum absolute atomic E-state index is 12.8. The van der Waals surface area contributed by atoms with Crippen molar-refractivity contribution in [3.8, 4) is 0 Å². The number of hydrogen-bond acceptors (Lipinski definition) is 5. The molecule has 8 heteroatoms. The van der Waals surface area contributed by atoms with Crippen LogP contribution in [0.2, 0.25) is 0 Å². The summed E-state index contributed by atoms with van der Waals surface area (Å²) in [5, 5.41) is -1.08. The Kier molecular flexibility index (Phi) is 4.86. The molecule has 1 aliphatic rings. The van der Waals surface area contributed by atoms with Crippen LogP contribution in [0.15, 0.2) is 58.3 Å². The van der Waals surface area contributed by atoms with Gasteiger partial charge in [-0.3, -0.25) is 0 Å². The first kappa shape index (κ1) is 17.9. The maximum Gasteiger partial charge on any atom is 0.186 e. The summed E-state index contributed by atoms with van der Waals surface area (Å²) in [6.07, 6.45) is 0. The smallest absolute Gasteiger partial charge is 0.186 e. The van der Waals surface area contributed by atoms with Crippen molar-refractivity contribution >= 4 is 32.1 Å². The van der Waals surface area contributed by atoms with Crippen LogP contribution in [-0.2, 0) is 26.2 Å². The van der Waals surface area contributed by atoms with E-state index in [-0.39, 0.29) is 28.7 Å². The van der Waals surface area contributed by atoms with E-state index in [1.807, 2.05) is 0 Å². The van der Waals surface area contributed by atoms with Crippen LogP contribution >= 0.6 is 12.4 Å². The SMILES string of the molecule is Cl.NCc1ccc2c(c1)C(S(=O)(=O)c1ccccc1)CS2(=O)=O. The molecule has 0 radical (unpaired) electrons. The first-order chi connectivity index (χ1) is 10.4. The molecular weight excluding hydrogens is 358 g/mol. The molecule has 1 aliphatic heterocycles. The van der Waals surface area contributed by atoms with E-state index in [0.29, 0.717) is 11.1 Å². The number of sulfone groups is 2. The summed E-state index contributed by atoms with van der Waals surface area (Å²) in [5.41, 5.74) is 6.62. The van der Waals surface area contributed by atoms with Gasteiger partial charge in [-0.2, -0.15) is 0 Å². The van der Waals surface area contributed by atoms with E-state index in [4.69, 9.17) is 5.73 Å². The minimum Gasteiger partial charge on any atom is -0.326 e. The van der Waals surface area contributed by atoms with Crippen LogP contribution in [0.3, 0.4) is 0 Å². The molecule has 0 bridgehead atoms. The Bertz CT molecular complexity index is 925. The molecular formula is C15H16ClNO4S2.